The van der Waals surface area contributed by atoms with E-state index in [2.05, 4.69) is 19.2 Å². The molecule has 1 aromatic rings. The van der Waals surface area contributed by atoms with Gasteiger partial charge in [0, 0.05) is 113 Å². The number of aliphatic hydroxyl groups is 3. The van der Waals surface area contributed by atoms with Gasteiger partial charge in [0.05, 0.1) is 52.9 Å². The lowest BCUT2D eigenvalue weighted by Crippen LogP contribution is -2.20. The van der Waals surface area contributed by atoms with Gasteiger partial charge in [-0.1, -0.05) is 42.5 Å². The first-order valence-electron chi connectivity index (χ1n) is 18.4. The maximum Gasteiger partial charge on any atom is 0.126 e. The Kier molecular flexibility index (Phi) is 21.6. The minimum atomic E-state index is -0.533. The Labute approximate surface area is 339 Å². The SMILES string of the molecule is C=C(COC)/C(O)=C(\C=C(/C)C(C1=CCC(COC)=C(O)C(COC)=C1)C(/C(C)=C/C(COC)=C(/O)C(=C)COC)c1cc(COC)c(O)c(COC)c1)COC. The molecule has 0 heterocycles. The van der Waals surface area contributed by atoms with Crippen LogP contribution in [-0.2, 0) is 51.1 Å². The van der Waals surface area contributed by atoms with E-state index in [9.17, 15) is 20.4 Å². The van der Waals surface area contributed by atoms with Crippen LogP contribution in [0, 0.1) is 5.92 Å². The summed E-state index contributed by atoms with van der Waals surface area (Å²) in [6.07, 6.45) is 8.08. The molecule has 4 N–H and O–H groups in total. The second kappa shape index (κ2) is 25.2. The Hall–Kier alpha value is -4.24. The second-order valence-corrected chi connectivity index (χ2v) is 13.9. The van der Waals surface area contributed by atoms with Gasteiger partial charge in [0.15, 0.2) is 0 Å². The Morgan fingerprint density at radius 2 is 1.07 bits per heavy atom. The van der Waals surface area contributed by atoms with Gasteiger partial charge >= 0.3 is 0 Å². The van der Waals surface area contributed by atoms with Crippen LogP contribution in [0.25, 0.3) is 0 Å². The fraction of sp³-hybridized carbons (Fsp3) is 0.467. The third-order valence-electron chi connectivity index (χ3n) is 9.42. The Balaban J connectivity index is 3.33. The first kappa shape index (κ1) is 48.9. The van der Waals surface area contributed by atoms with E-state index >= 15 is 0 Å². The molecule has 0 fully saturated rings. The molecular formula is C45H64O12. The van der Waals surface area contributed by atoms with Crippen LogP contribution in [0.15, 0.2) is 117 Å². The molecule has 1 aliphatic carbocycles. The molecule has 12 heteroatoms. The molecule has 1 aromatic carbocycles. The molecule has 316 valence electrons. The average molecular weight is 797 g/mol. The van der Waals surface area contributed by atoms with Crippen LogP contribution in [0.2, 0.25) is 0 Å². The van der Waals surface area contributed by atoms with Crippen molar-refractivity contribution in [3.8, 4) is 5.75 Å². The summed E-state index contributed by atoms with van der Waals surface area (Å²) in [6, 6.07) is 3.80. The van der Waals surface area contributed by atoms with Gasteiger partial charge < -0.3 is 58.3 Å². The molecule has 12 nitrogen and oxygen atoms in total. The van der Waals surface area contributed by atoms with E-state index in [0.29, 0.717) is 51.0 Å². The number of hydrogen-bond donors (Lipinski definition) is 4. The van der Waals surface area contributed by atoms with Crippen molar-refractivity contribution in [2.24, 2.45) is 5.92 Å². The molecule has 57 heavy (non-hydrogen) atoms. The molecular weight excluding hydrogens is 732 g/mol. The lowest BCUT2D eigenvalue weighted by molar-refractivity contribution is 0.174. The number of hydrogen-bond acceptors (Lipinski definition) is 12. The first-order chi connectivity index (χ1) is 27.3. The van der Waals surface area contributed by atoms with Gasteiger partial charge in [-0.15, -0.1) is 0 Å². The van der Waals surface area contributed by atoms with Crippen molar-refractivity contribution in [2.75, 3.05) is 96.5 Å². The largest absolute Gasteiger partial charge is 0.508 e. The maximum atomic E-state index is 11.5. The summed E-state index contributed by atoms with van der Waals surface area (Å²) >= 11 is 0. The highest BCUT2D eigenvalue weighted by Gasteiger charge is 2.32. The molecule has 0 saturated carbocycles. The highest BCUT2D eigenvalue weighted by Crippen LogP contribution is 2.45. The highest BCUT2D eigenvalue weighted by atomic mass is 16.5. The Morgan fingerprint density at radius 3 is 1.49 bits per heavy atom. The summed E-state index contributed by atoms with van der Waals surface area (Å²) in [7, 11) is 12.4. The smallest absolute Gasteiger partial charge is 0.126 e. The van der Waals surface area contributed by atoms with Crippen molar-refractivity contribution >= 4 is 0 Å². The lowest BCUT2D eigenvalue weighted by atomic mass is 9.71. The number of aliphatic hydroxyl groups excluding tert-OH is 3. The number of ether oxygens (including phenoxy) is 8. The van der Waals surface area contributed by atoms with Crippen LogP contribution < -0.4 is 0 Å². The molecule has 0 aliphatic heterocycles. The van der Waals surface area contributed by atoms with Crippen LogP contribution in [0.1, 0.15) is 42.9 Å². The molecule has 0 radical (unpaired) electrons. The molecule has 2 atom stereocenters. The van der Waals surface area contributed by atoms with Gasteiger partial charge in [-0.2, -0.15) is 0 Å². The summed E-state index contributed by atoms with van der Waals surface area (Å²) in [4.78, 5) is 0. The molecule has 0 bridgehead atoms. The summed E-state index contributed by atoms with van der Waals surface area (Å²) in [5, 5.41) is 45.7. The average Bonchev–Trinajstić information content (AvgIpc) is 3.32. The number of phenols is 1. The fourth-order valence-corrected chi connectivity index (χ4v) is 6.95. The zero-order valence-corrected chi connectivity index (χ0v) is 35.5. The summed E-state index contributed by atoms with van der Waals surface area (Å²) in [6.45, 7) is 12.8. The van der Waals surface area contributed by atoms with Crippen molar-refractivity contribution in [1.82, 2.24) is 0 Å². The molecule has 2 rings (SSSR count). The normalized spacial score (nSPS) is 16.0. The topological polar surface area (TPSA) is 155 Å². The van der Waals surface area contributed by atoms with E-state index in [-0.39, 0.29) is 75.9 Å². The zero-order chi connectivity index (χ0) is 42.7. The van der Waals surface area contributed by atoms with Gasteiger partial charge in [-0.25, -0.2) is 0 Å². The third kappa shape index (κ3) is 13.7. The van der Waals surface area contributed by atoms with Crippen LogP contribution in [0.5, 0.6) is 5.75 Å². The van der Waals surface area contributed by atoms with E-state index < -0.39 is 11.8 Å². The number of rotatable bonds is 25. The van der Waals surface area contributed by atoms with Crippen molar-refractivity contribution < 1.29 is 58.3 Å². The standard InChI is InChI=1S/C45H64O12/c1-28(15-35(23-53-8)42(46)30(3)20-50-5)40(32-13-14-33(22-52-7)44(48)37(17-32)25-55-10)41(29(2)16-36(24-54-9)43(47)31(4)21-51-6)34-18-38(26-56-11)45(49)39(19-34)27-57-12/h13,15-19,40-41,46-49H,3-4,14,20-27H2,1-2,5-12H3/b28-15+,29-16+,42-35-,43-36-. The predicted octanol–water partition coefficient (Wildman–Crippen LogP) is 7.96. The van der Waals surface area contributed by atoms with Crippen LogP contribution in [0.3, 0.4) is 0 Å². The van der Waals surface area contributed by atoms with E-state index in [0.717, 1.165) is 22.3 Å². The fourth-order valence-electron chi connectivity index (χ4n) is 6.95. The van der Waals surface area contributed by atoms with Crippen molar-refractivity contribution in [3.05, 3.63) is 134 Å². The third-order valence-corrected chi connectivity index (χ3v) is 9.42. The molecule has 0 aromatic heterocycles. The van der Waals surface area contributed by atoms with E-state index in [1.165, 1.54) is 14.2 Å². The number of aromatic hydroxyl groups is 1. The van der Waals surface area contributed by atoms with Crippen molar-refractivity contribution in [1.29, 1.82) is 0 Å². The van der Waals surface area contributed by atoms with Gasteiger partial charge in [0.2, 0.25) is 0 Å². The monoisotopic (exact) mass is 796 g/mol. The molecule has 0 saturated heterocycles. The van der Waals surface area contributed by atoms with Crippen molar-refractivity contribution in [2.45, 2.75) is 39.4 Å². The minimum Gasteiger partial charge on any atom is -0.508 e. The van der Waals surface area contributed by atoms with Gasteiger partial charge in [0.25, 0.3) is 0 Å². The van der Waals surface area contributed by atoms with Crippen molar-refractivity contribution in [3.63, 3.8) is 0 Å². The van der Waals surface area contributed by atoms with E-state index in [1.54, 1.807) is 42.7 Å². The first-order valence-corrected chi connectivity index (χ1v) is 18.4. The Bertz CT molecular complexity index is 1730. The summed E-state index contributed by atoms with van der Waals surface area (Å²) < 4.78 is 43.8. The molecule has 0 spiro atoms. The van der Waals surface area contributed by atoms with Crippen LogP contribution >= 0.6 is 0 Å². The molecule has 2 unspecified atom stereocenters. The highest BCUT2D eigenvalue weighted by molar-refractivity contribution is 5.53. The van der Waals surface area contributed by atoms with Gasteiger partial charge in [-0.05, 0) is 49.6 Å². The zero-order valence-electron chi connectivity index (χ0n) is 35.5. The summed E-state index contributed by atoms with van der Waals surface area (Å²) in [5.74, 6) is -1.04. The minimum absolute atomic E-state index is 0.0568. The van der Waals surface area contributed by atoms with E-state index in [1.807, 2.05) is 44.2 Å². The van der Waals surface area contributed by atoms with E-state index in [4.69, 9.17) is 37.9 Å². The molecule has 0 amide bonds. The Morgan fingerprint density at radius 1 is 0.632 bits per heavy atom. The number of allylic oxidation sites excluding steroid dienone is 5. The summed E-state index contributed by atoms with van der Waals surface area (Å²) in [5.41, 5.74) is 7.20. The predicted molar refractivity (Wildman–Crippen MR) is 223 cm³/mol. The maximum absolute atomic E-state index is 11.5. The van der Waals surface area contributed by atoms with Crippen LogP contribution in [0.4, 0.5) is 0 Å². The van der Waals surface area contributed by atoms with Gasteiger partial charge in [0.1, 0.15) is 23.0 Å². The van der Waals surface area contributed by atoms with Gasteiger partial charge in [-0.3, -0.25) is 0 Å². The molecule has 1 aliphatic rings. The van der Waals surface area contributed by atoms with Crippen LogP contribution in [-0.4, -0.2) is 117 Å². The number of methoxy groups -OCH3 is 8. The lowest BCUT2D eigenvalue weighted by Gasteiger charge is -2.33. The quantitative estimate of drug-likeness (QED) is 0.0561. The second-order valence-electron chi connectivity index (χ2n) is 13.9. The number of benzene rings is 1. The number of phenolic OH excluding ortho intramolecular Hbond substituents is 1.